The molecule has 0 saturated heterocycles. The third-order valence-electron chi connectivity index (χ3n) is 3.81. The zero-order chi connectivity index (χ0) is 21.5. The van der Waals surface area contributed by atoms with Crippen molar-refractivity contribution in [2.75, 3.05) is 5.32 Å². The van der Waals surface area contributed by atoms with Gasteiger partial charge in [-0.2, -0.15) is 5.10 Å². The Labute approximate surface area is 181 Å². The van der Waals surface area contributed by atoms with E-state index < -0.39 is 17.8 Å². The Hall–Kier alpha value is -3.49. The van der Waals surface area contributed by atoms with E-state index in [2.05, 4.69) is 15.8 Å². The minimum atomic E-state index is -0.941. The van der Waals surface area contributed by atoms with Gasteiger partial charge in [-0.15, -0.1) is 11.3 Å². The number of hydrazone groups is 1. The molecule has 9 heteroatoms. The van der Waals surface area contributed by atoms with E-state index in [0.29, 0.717) is 26.9 Å². The number of carbonyl (C=O) groups excluding carboxylic acids is 3. The molecule has 1 aromatic heterocycles. The molecular formula is C21H16ClN3O4S. The second-order valence-electron chi connectivity index (χ2n) is 6.06. The van der Waals surface area contributed by atoms with Gasteiger partial charge < -0.3 is 10.1 Å². The molecular weight excluding hydrogens is 426 g/mol. The van der Waals surface area contributed by atoms with E-state index >= 15 is 0 Å². The molecule has 1 heterocycles. The topological polar surface area (TPSA) is 96.9 Å². The van der Waals surface area contributed by atoms with E-state index in [-0.39, 0.29) is 0 Å². The van der Waals surface area contributed by atoms with E-state index in [1.807, 2.05) is 6.92 Å². The van der Waals surface area contributed by atoms with E-state index in [4.69, 9.17) is 16.3 Å². The SMILES string of the molecule is Cc1ccc(NC(=O)C(=O)N/N=C/c2cccc(OC(=O)c3cccs3)c2)cc1Cl. The molecule has 2 N–H and O–H groups in total. The number of aryl methyl sites for hydroxylation is 1. The number of hydrogen-bond acceptors (Lipinski definition) is 6. The molecule has 0 fully saturated rings. The lowest BCUT2D eigenvalue weighted by Crippen LogP contribution is -2.32. The standard InChI is InChI=1S/C21H16ClN3O4S/c1-13-7-8-15(11-17(13)22)24-19(26)20(27)25-23-12-14-4-2-5-16(10-14)29-21(28)18-6-3-9-30-18/h2-12H,1H3,(H,24,26)(H,25,27)/b23-12+. The third-order valence-corrected chi connectivity index (χ3v) is 5.06. The van der Waals surface area contributed by atoms with Gasteiger partial charge in [0.25, 0.3) is 0 Å². The van der Waals surface area contributed by atoms with Gasteiger partial charge in [0.05, 0.1) is 6.21 Å². The van der Waals surface area contributed by atoms with Crippen LogP contribution in [0, 0.1) is 6.92 Å². The molecule has 3 rings (SSSR count). The Kier molecular flexibility index (Phi) is 6.95. The number of amides is 2. The highest BCUT2D eigenvalue weighted by molar-refractivity contribution is 7.12. The van der Waals surface area contributed by atoms with Gasteiger partial charge in [-0.3, -0.25) is 9.59 Å². The van der Waals surface area contributed by atoms with Crippen molar-refractivity contribution < 1.29 is 19.1 Å². The summed E-state index contributed by atoms with van der Waals surface area (Å²) in [7, 11) is 0. The number of nitrogens with zero attached hydrogens (tertiary/aromatic N) is 1. The number of thiophene rings is 1. The molecule has 0 aliphatic rings. The smallest absolute Gasteiger partial charge is 0.353 e. The minimum absolute atomic E-state index is 0.331. The first-order chi connectivity index (χ1) is 14.4. The van der Waals surface area contributed by atoms with Crippen molar-refractivity contribution in [1.82, 2.24) is 5.43 Å². The van der Waals surface area contributed by atoms with Crippen molar-refractivity contribution in [1.29, 1.82) is 0 Å². The number of hydrogen-bond donors (Lipinski definition) is 2. The van der Waals surface area contributed by atoms with Crippen LogP contribution in [0.25, 0.3) is 0 Å². The number of rotatable bonds is 5. The van der Waals surface area contributed by atoms with E-state index in [1.54, 1.807) is 60.0 Å². The molecule has 152 valence electrons. The summed E-state index contributed by atoms with van der Waals surface area (Å²) in [6.07, 6.45) is 1.33. The van der Waals surface area contributed by atoms with Crippen LogP contribution in [0.1, 0.15) is 20.8 Å². The zero-order valence-electron chi connectivity index (χ0n) is 15.7. The lowest BCUT2D eigenvalue weighted by Gasteiger charge is -2.06. The summed E-state index contributed by atoms with van der Waals surface area (Å²) in [5.74, 6) is -1.95. The second kappa shape index (κ2) is 9.82. The van der Waals surface area contributed by atoms with Crippen molar-refractivity contribution in [3.05, 3.63) is 81.0 Å². The largest absolute Gasteiger partial charge is 0.422 e. The highest BCUT2D eigenvalue weighted by Crippen LogP contribution is 2.20. The van der Waals surface area contributed by atoms with Gasteiger partial charge in [0.15, 0.2) is 0 Å². The Bertz CT molecular complexity index is 1110. The maximum Gasteiger partial charge on any atom is 0.353 e. The average molecular weight is 442 g/mol. The summed E-state index contributed by atoms with van der Waals surface area (Å²) >= 11 is 7.28. The summed E-state index contributed by atoms with van der Waals surface area (Å²) in [6, 6.07) is 14.9. The number of halogens is 1. The third kappa shape index (κ3) is 5.76. The van der Waals surface area contributed by atoms with Gasteiger partial charge in [-0.1, -0.05) is 35.9 Å². The molecule has 2 aromatic carbocycles. The molecule has 0 bridgehead atoms. The molecule has 2 amide bonds. The van der Waals surface area contributed by atoms with Crippen LogP contribution in [0.15, 0.2) is 65.1 Å². The maximum atomic E-state index is 12.0. The van der Waals surface area contributed by atoms with Gasteiger partial charge in [-0.05, 0) is 53.8 Å². The molecule has 0 saturated carbocycles. The molecule has 0 aliphatic carbocycles. The van der Waals surface area contributed by atoms with Gasteiger partial charge in [0.1, 0.15) is 10.6 Å². The first kappa shape index (κ1) is 21.2. The summed E-state index contributed by atoms with van der Waals surface area (Å²) in [6.45, 7) is 1.83. The normalized spacial score (nSPS) is 10.6. The number of benzene rings is 2. The number of anilines is 1. The van der Waals surface area contributed by atoms with Crippen LogP contribution in [0.4, 0.5) is 5.69 Å². The van der Waals surface area contributed by atoms with Crippen LogP contribution in [-0.2, 0) is 9.59 Å². The molecule has 30 heavy (non-hydrogen) atoms. The molecule has 0 unspecified atom stereocenters. The molecule has 0 radical (unpaired) electrons. The average Bonchev–Trinajstić information content (AvgIpc) is 3.26. The lowest BCUT2D eigenvalue weighted by molar-refractivity contribution is -0.136. The Morgan fingerprint density at radius 1 is 1.07 bits per heavy atom. The maximum absolute atomic E-state index is 12.0. The molecule has 3 aromatic rings. The van der Waals surface area contributed by atoms with Gasteiger partial charge in [-0.25, -0.2) is 10.2 Å². The summed E-state index contributed by atoms with van der Waals surface area (Å²) in [4.78, 5) is 36.3. The summed E-state index contributed by atoms with van der Waals surface area (Å²) < 4.78 is 5.30. The van der Waals surface area contributed by atoms with Crippen LogP contribution in [0.2, 0.25) is 5.02 Å². The van der Waals surface area contributed by atoms with Crippen LogP contribution in [-0.4, -0.2) is 24.0 Å². The van der Waals surface area contributed by atoms with Crippen molar-refractivity contribution in [3.8, 4) is 5.75 Å². The first-order valence-corrected chi connectivity index (χ1v) is 9.94. The predicted octanol–water partition coefficient (Wildman–Crippen LogP) is 4.02. The van der Waals surface area contributed by atoms with E-state index in [0.717, 1.165) is 5.56 Å². The van der Waals surface area contributed by atoms with E-state index in [9.17, 15) is 14.4 Å². The van der Waals surface area contributed by atoms with Crippen molar-refractivity contribution in [2.45, 2.75) is 6.92 Å². The molecule has 7 nitrogen and oxygen atoms in total. The fourth-order valence-corrected chi connectivity index (χ4v) is 3.06. The number of esters is 1. The van der Waals surface area contributed by atoms with Crippen molar-refractivity contribution in [2.24, 2.45) is 5.10 Å². The molecule has 0 spiro atoms. The Balaban J connectivity index is 1.55. The predicted molar refractivity (Wildman–Crippen MR) is 116 cm³/mol. The van der Waals surface area contributed by atoms with Crippen LogP contribution < -0.4 is 15.5 Å². The quantitative estimate of drug-likeness (QED) is 0.205. The fourth-order valence-electron chi connectivity index (χ4n) is 2.29. The minimum Gasteiger partial charge on any atom is -0.422 e. The molecule has 0 atom stereocenters. The highest BCUT2D eigenvalue weighted by Gasteiger charge is 2.13. The Morgan fingerprint density at radius 2 is 1.90 bits per heavy atom. The van der Waals surface area contributed by atoms with Crippen molar-refractivity contribution >= 4 is 52.6 Å². The van der Waals surface area contributed by atoms with Crippen LogP contribution in [0.3, 0.4) is 0 Å². The molecule has 0 aliphatic heterocycles. The van der Waals surface area contributed by atoms with Crippen molar-refractivity contribution in [3.63, 3.8) is 0 Å². The van der Waals surface area contributed by atoms with Gasteiger partial charge in [0.2, 0.25) is 0 Å². The number of nitrogens with one attached hydrogen (secondary N) is 2. The zero-order valence-corrected chi connectivity index (χ0v) is 17.3. The summed E-state index contributed by atoms with van der Waals surface area (Å²) in [5, 5.41) is 8.45. The highest BCUT2D eigenvalue weighted by atomic mass is 35.5. The lowest BCUT2D eigenvalue weighted by atomic mass is 10.2. The van der Waals surface area contributed by atoms with Crippen LogP contribution in [0.5, 0.6) is 5.75 Å². The second-order valence-corrected chi connectivity index (χ2v) is 7.41. The number of ether oxygens (including phenoxy) is 1. The Morgan fingerprint density at radius 3 is 2.63 bits per heavy atom. The first-order valence-electron chi connectivity index (χ1n) is 8.68. The van der Waals surface area contributed by atoms with Crippen LogP contribution >= 0.6 is 22.9 Å². The van der Waals surface area contributed by atoms with E-state index in [1.165, 1.54) is 17.6 Å². The number of carbonyl (C=O) groups is 3. The fraction of sp³-hybridized carbons (Fsp3) is 0.0476. The van der Waals surface area contributed by atoms with Gasteiger partial charge >= 0.3 is 17.8 Å². The monoisotopic (exact) mass is 441 g/mol. The summed E-state index contributed by atoms with van der Waals surface area (Å²) in [5.41, 5.74) is 3.96. The van der Waals surface area contributed by atoms with Gasteiger partial charge in [0, 0.05) is 10.7 Å².